The van der Waals surface area contributed by atoms with Gasteiger partial charge in [0, 0.05) is 16.7 Å². The van der Waals surface area contributed by atoms with E-state index in [0.717, 1.165) is 36.7 Å². The smallest absolute Gasteiger partial charge is 0.201 e. The summed E-state index contributed by atoms with van der Waals surface area (Å²) >= 11 is 0. The molecule has 1 unspecified atom stereocenters. The van der Waals surface area contributed by atoms with Crippen LogP contribution >= 0.6 is 0 Å². The molecule has 1 saturated carbocycles. The molecule has 1 atom stereocenters. The van der Waals surface area contributed by atoms with Gasteiger partial charge in [-0.05, 0) is 105 Å². The Balaban J connectivity index is 1.25. The molecular weight excluding hydrogens is 548 g/mol. The highest BCUT2D eigenvalue weighted by Gasteiger charge is 2.29. The van der Waals surface area contributed by atoms with E-state index in [2.05, 4.69) is 25.2 Å². The van der Waals surface area contributed by atoms with Crippen LogP contribution in [0.4, 0.5) is 17.6 Å². The van der Waals surface area contributed by atoms with Crippen molar-refractivity contribution in [2.75, 3.05) is 6.61 Å². The zero-order chi connectivity index (χ0) is 30.3. The molecule has 43 heavy (non-hydrogen) atoms. The summed E-state index contributed by atoms with van der Waals surface area (Å²) in [6.45, 7) is 4.26. The van der Waals surface area contributed by atoms with E-state index in [0.29, 0.717) is 35.6 Å². The van der Waals surface area contributed by atoms with E-state index in [4.69, 9.17) is 4.74 Å². The van der Waals surface area contributed by atoms with Crippen molar-refractivity contribution in [3.63, 3.8) is 0 Å². The second kappa shape index (κ2) is 14.4. The van der Waals surface area contributed by atoms with Gasteiger partial charge in [-0.2, -0.15) is 4.39 Å². The van der Waals surface area contributed by atoms with Crippen molar-refractivity contribution in [3.8, 4) is 28.0 Å². The normalized spacial score (nSPS) is 20.8. The van der Waals surface area contributed by atoms with Crippen LogP contribution in [0.1, 0.15) is 83.6 Å². The van der Waals surface area contributed by atoms with Crippen molar-refractivity contribution in [2.45, 2.75) is 78.1 Å². The maximum absolute atomic E-state index is 15.4. The van der Waals surface area contributed by atoms with Gasteiger partial charge in [0.15, 0.2) is 23.2 Å². The Morgan fingerprint density at radius 3 is 1.93 bits per heavy atom. The lowest BCUT2D eigenvalue weighted by Gasteiger charge is -2.35. The van der Waals surface area contributed by atoms with Gasteiger partial charge in [-0.1, -0.05) is 74.4 Å². The summed E-state index contributed by atoms with van der Waals surface area (Å²) < 4.78 is 65.3. The molecule has 0 radical (unpaired) electrons. The topological polar surface area (TPSA) is 9.23 Å². The summed E-state index contributed by atoms with van der Waals surface area (Å²) in [6.07, 6.45) is 17.6. The van der Waals surface area contributed by atoms with Crippen LogP contribution in [0.15, 0.2) is 66.8 Å². The number of allylic oxidation sites excluding steroid dienone is 4. The number of ether oxygens (including phenoxy) is 1. The van der Waals surface area contributed by atoms with Crippen LogP contribution in [0.3, 0.4) is 0 Å². The summed E-state index contributed by atoms with van der Waals surface area (Å²) in [7, 11) is 0. The SMILES string of the molecule is CC=CCCC1CCC(C2CC=C(c3ccc(-c4ccc(-c5ccc(OCCC)c(F)c5F)cc4)c(F)c3F)CC2)CC1. The van der Waals surface area contributed by atoms with E-state index in [1.165, 1.54) is 50.7 Å². The first-order chi connectivity index (χ1) is 20.9. The zero-order valence-electron chi connectivity index (χ0n) is 25.3. The van der Waals surface area contributed by atoms with Crippen LogP contribution < -0.4 is 4.74 Å². The van der Waals surface area contributed by atoms with Gasteiger partial charge < -0.3 is 4.74 Å². The van der Waals surface area contributed by atoms with E-state index < -0.39 is 23.3 Å². The molecule has 3 aromatic carbocycles. The van der Waals surface area contributed by atoms with Crippen LogP contribution in [0.25, 0.3) is 27.8 Å². The maximum atomic E-state index is 15.4. The van der Waals surface area contributed by atoms with Crippen molar-refractivity contribution in [1.29, 1.82) is 0 Å². The van der Waals surface area contributed by atoms with Gasteiger partial charge in [0.2, 0.25) is 5.82 Å². The fourth-order valence-electron chi connectivity index (χ4n) is 6.90. The van der Waals surface area contributed by atoms with Crippen molar-refractivity contribution >= 4 is 5.57 Å². The third-order valence-electron chi connectivity index (χ3n) is 9.43. The summed E-state index contributed by atoms with van der Waals surface area (Å²) in [6, 6.07) is 12.5. The fraction of sp³-hybridized carbons (Fsp3) is 0.421. The largest absolute Gasteiger partial charge is 0.490 e. The van der Waals surface area contributed by atoms with Gasteiger partial charge in [0.25, 0.3) is 0 Å². The zero-order valence-corrected chi connectivity index (χ0v) is 25.3. The number of rotatable bonds is 10. The molecule has 0 spiro atoms. The van der Waals surface area contributed by atoms with Crippen molar-refractivity contribution < 1.29 is 22.3 Å². The van der Waals surface area contributed by atoms with Crippen LogP contribution in [0.2, 0.25) is 0 Å². The molecular formula is C38H42F4O. The minimum Gasteiger partial charge on any atom is -0.490 e. The molecule has 0 bridgehead atoms. The number of hydrogen-bond donors (Lipinski definition) is 0. The standard InChI is InChI=1S/C38H42F4O/c1-3-5-6-7-25-8-10-26(11-9-25)27-12-14-28(15-13-27)31-20-21-32(36(40)35(31)39)29-16-18-30(19-17-29)33-22-23-34(43-24-4-2)38(42)37(33)41/h3,5,14,16-23,25-27H,4,6-13,15,24H2,1-2H3. The molecule has 0 aromatic heterocycles. The van der Waals surface area contributed by atoms with Crippen LogP contribution in [-0.4, -0.2) is 6.61 Å². The second-order valence-corrected chi connectivity index (χ2v) is 12.1. The number of benzene rings is 3. The third-order valence-corrected chi connectivity index (χ3v) is 9.43. The average Bonchev–Trinajstić information content (AvgIpc) is 3.04. The summed E-state index contributed by atoms with van der Waals surface area (Å²) in [5.41, 5.74) is 2.35. The molecule has 5 rings (SSSR count). The summed E-state index contributed by atoms with van der Waals surface area (Å²) in [5.74, 6) is -1.68. The highest BCUT2D eigenvalue weighted by molar-refractivity contribution is 5.74. The molecule has 0 saturated heterocycles. The summed E-state index contributed by atoms with van der Waals surface area (Å²) in [4.78, 5) is 0. The molecule has 0 N–H and O–H groups in total. The molecule has 0 heterocycles. The Morgan fingerprint density at radius 2 is 1.33 bits per heavy atom. The average molecular weight is 591 g/mol. The Kier molecular flexibility index (Phi) is 10.4. The van der Waals surface area contributed by atoms with E-state index in [1.54, 1.807) is 36.4 Å². The number of hydrogen-bond acceptors (Lipinski definition) is 1. The van der Waals surface area contributed by atoms with Gasteiger partial charge in [-0.15, -0.1) is 0 Å². The molecule has 228 valence electrons. The molecule has 1 fully saturated rings. The minimum atomic E-state index is -1.04. The predicted octanol–water partition coefficient (Wildman–Crippen LogP) is 11.7. The van der Waals surface area contributed by atoms with Crippen molar-refractivity contribution in [1.82, 2.24) is 0 Å². The third kappa shape index (κ3) is 7.08. The predicted molar refractivity (Wildman–Crippen MR) is 168 cm³/mol. The molecule has 2 aliphatic rings. The Hall–Kier alpha value is -3.34. The Labute approximate surface area is 253 Å². The first-order valence-electron chi connectivity index (χ1n) is 15.9. The monoisotopic (exact) mass is 590 g/mol. The van der Waals surface area contributed by atoms with Gasteiger partial charge in [0.1, 0.15) is 0 Å². The van der Waals surface area contributed by atoms with Crippen LogP contribution in [-0.2, 0) is 0 Å². The summed E-state index contributed by atoms with van der Waals surface area (Å²) in [5, 5.41) is 0. The quantitative estimate of drug-likeness (QED) is 0.169. The fourth-order valence-corrected chi connectivity index (χ4v) is 6.90. The Bertz CT molecular complexity index is 1450. The van der Waals surface area contributed by atoms with Crippen LogP contribution in [0, 0.1) is 41.0 Å². The highest BCUT2D eigenvalue weighted by Crippen LogP contribution is 2.43. The number of halogens is 4. The first-order valence-corrected chi connectivity index (χ1v) is 15.9. The van der Waals surface area contributed by atoms with E-state index in [9.17, 15) is 8.78 Å². The van der Waals surface area contributed by atoms with Gasteiger partial charge >= 0.3 is 0 Å². The molecule has 0 amide bonds. The molecule has 0 aliphatic heterocycles. The lowest BCUT2D eigenvalue weighted by atomic mass is 9.70. The van der Waals surface area contributed by atoms with Gasteiger partial charge in [0.05, 0.1) is 6.61 Å². The molecule has 1 nitrogen and oxygen atoms in total. The van der Waals surface area contributed by atoms with E-state index in [-0.39, 0.29) is 16.9 Å². The van der Waals surface area contributed by atoms with Gasteiger partial charge in [-0.3, -0.25) is 0 Å². The lowest BCUT2D eigenvalue weighted by molar-refractivity contribution is 0.190. The second-order valence-electron chi connectivity index (χ2n) is 12.1. The minimum absolute atomic E-state index is 0.0786. The highest BCUT2D eigenvalue weighted by atomic mass is 19.2. The lowest BCUT2D eigenvalue weighted by Crippen LogP contribution is -2.23. The molecule has 3 aromatic rings. The maximum Gasteiger partial charge on any atom is 0.201 e. The molecule has 2 aliphatic carbocycles. The van der Waals surface area contributed by atoms with E-state index in [1.807, 2.05) is 6.92 Å². The van der Waals surface area contributed by atoms with Crippen molar-refractivity contribution in [3.05, 3.63) is 95.6 Å². The first kappa shape index (κ1) is 31.1. The van der Waals surface area contributed by atoms with Crippen LogP contribution in [0.5, 0.6) is 5.75 Å². The van der Waals surface area contributed by atoms with Crippen molar-refractivity contribution in [2.24, 2.45) is 17.8 Å². The van der Waals surface area contributed by atoms with Gasteiger partial charge in [-0.25, -0.2) is 13.2 Å². The Morgan fingerprint density at radius 1 is 0.721 bits per heavy atom. The van der Waals surface area contributed by atoms with E-state index >= 15 is 8.78 Å². The molecule has 5 heteroatoms.